The van der Waals surface area contributed by atoms with E-state index in [1.807, 2.05) is 38.1 Å². The fraction of sp³-hybridized carbons (Fsp3) is 0.318. The molecule has 2 aromatic carbocycles. The molecule has 148 valence electrons. The molecule has 0 saturated heterocycles. The summed E-state index contributed by atoms with van der Waals surface area (Å²) < 4.78 is 4.99. The second-order valence-electron chi connectivity index (χ2n) is 6.50. The Bertz CT molecular complexity index is 827. The maximum atomic E-state index is 12.3. The summed E-state index contributed by atoms with van der Waals surface area (Å²) in [7, 11) is 0. The molecule has 2 N–H and O–H groups in total. The number of carbonyl (C=O) groups excluding carboxylic acids is 3. The van der Waals surface area contributed by atoms with Crippen molar-refractivity contribution in [3.63, 3.8) is 0 Å². The summed E-state index contributed by atoms with van der Waals surface area (Å²) in [5.74, 6) is -0.327. The largest absolute Gasteiger partial charge is 0.427 e. The Labute approximate surface area is 165 Å². The molecule has 6 heteroatoms. The van der Waals surface area contributed by atoms with Gasteiger partial charge in [0.1, 0.15) is 5.75 Å². The normalized spacial score (nSPS) is 10.4. The van der Waals surface area contributed by atoms with E-state index in [1.165, 1.54) is 13.0 Å². The summed E-state index contributed by atoms with van der Waals surface area (Å²) in [5, 5.41) is 5.74. The number of carbonyl (C=O) groups is 3. The van der Waals surface area contributed by atoms with Gasteiger partial charge in [-0.15, -0.1) is 0 Å². The number of hydrogen-bond acceptors (Lipinski definition) is 4. The molecule has 0 saturated carbocycles. The first-order valence-corrected chi connectivity index (χ1v) is 9.39. The highest BCUT2D eigenvalue weighted by Gasteiger charge is 2.14. The van der Waals surface area contributed by atoms with Gasteiger partial charge in [-0.25, -0.2) is 0 Å². The Balaban J connectivity index is 1.91. The van der Waals surface area contributed by atoms with Crippen molar-refractivity contribution in [1.29, 1.82) is 0 Å². The van der Waals surface area contributed by atoms with E-state index in [-0.39, 0.29) is 17.7 Å². The molecule has 0 aliphatic carbocycles. The van der Waals surface area contributed by atoms with Gasteiger partial charge in [0, 0.05) is 30.6 Å². The lowest BCUT2D eigenvalue weighted by atomic mass is 10.0. The highest BCUT2D eigenvalue weighted by atomic mass is 16.5. The van der Waals surface area contributed by atoms with E-state index in [1.54, 1.807) is 18.2 Å². The predicted molar refractivity (Wildman–Crippen MR) is 108 cm³/mol. The molecule has 0 aliphatic heterocycles. The second-order valence-corrected chi connectivity index (χ2v) is 6.50. The van der Waals surface area contributed by atoms with E-state index in [9.17, 15) is 14.4 Å². The van der Waals surface area contributed by atoms with Crippen molar-refractivity contribution in [3.05, 3.63) is 59.7 Å². The molecule has 0 unspecified atom stereocenters. The van der Waals surface area contributed by atoms with Crippen LogP contribution >= 0.6 is 0 Å². The fourth-order valence-electron chi connectivity index (χ4n) is 2.76. The molecule has 0 heterocycles. The number of anilines is 1. The van der Waals surface area contributed by atoms with Crippen LogP contribution in [0.25, 0.3) is 0 Å². The first kappa shape index (κ1) is 21.2. The highest BCUT2D eigenvalue weighted by molar-refractivity contribution is 5.94. The number of benzene rings is 2. The molecule has 0 spiro atoms. The van der Waals surface area contributed by atoms with Crippen LogP contribution in [0.1, 0.15) is 49.5 Å². The van der Waals surface area contributed by atoms with Crippen LogP contribution in [0.5, 0.6) is 5.75 Å². The molecule has 2 rings (SSSR count). The minimum absolute atomic E-state index is 0.0155. The predicted octanol–water partition coefficient (Wildman–Crippen LogP) is 3.92. The van der Waals surface area contributed by atoms with Crippen molar-refractivity contribution in [3.8, 4) is 5.75 Å². The maximum Gasteiger partial charge on any atom is 0.308 e. The van der Waals surface area contributed by atoms with Gasteiger partial charge in [0.25, 0.3) is 5.91 Å². The number of amides is 2. The van der Waals surface area contributed by atoms with Crippen LogP contribution in [-0.4, -0.2) is 17.8 Å². The van der Waals surface area contributed by atoms with Crippen LogP contribution in [0.3, 0.4) is 0 Å². The van der Waals surface area contributed by atoms with Gasteiger partial charge in [0.2, 0.25) is 5.91 Å². The van der Waals surface area contributed by atoms with Gasteiger partial charge in [-0.1, -0.05) is 32.0 Å². The lowest BCUT2D eigenvalue weighted by molar-refractivity contribution is -0.131. The minimum Gasteiger partial charge on any atom is -0.427 e. The van der Waals surface area contributed by atoms with Crippen molar-refractivity contribution < 1.29 is 19.1 Å². The van der Waals surface area contributed by atoms with Crippen molar-refractivity contribution in [2.45, 2.75) is 40.2 Å². The van der Waals surface area contributed by atoms with E-state index in [0.29, 0.717) is 17.9 Å². The van der Waals surface area contributed by atoms with Gasteiger partial charge < -0.3 is 15.4 Å². The second kappa shape index (κ2) is 10.3. The lowest BCUT2D eigenvalue weighted by Crippen LogP contribution is -2.23. The zero-order valence-electron chi connectivity index (χ0n) is 16.5. The average molecular weight is 382 g/mol. The first-order valence-electron chi connectivity index (χ1n) is 9.39. The lowest BCUT2D eigenvalue weighted by Gasteiger charge is -2.13. The molecule has 0 aromatic heterocycles. The molecule has 2 aromatic rings. The first-order chi connectivity index (χ1) is 13.4. The van der Waals surface area contributed by atoms with Crippen LogP contribution < -0.4 is 15.4 Å². The Kier molecular flexibility index (Phi) is 7.75. The van der Waals surface area contributed by atoms with E-state index >= 15 is 0 Å². The number of ether oxygens (including phenoxy) is 1. The van der Waals surface area contributed by atoms with Gasteiger partial charge in [-0.2, -0.15) is 0 Å². The molecule has 0 atom stereocenters. The standard InChI is InChI=1S/C22H26N2O4/c1-4-17(5-2)22(27)24-19-11-9-16(10-12-19)14-23-21(26)18-7-6-8-20(13-18)28-15(3)25/h6-13,17H,4-5,14H2,1-3H3,(H,23,26)(H,24,27). The Morgan fingerprint density at radius 3 is 2.29 bits per heavy atom. The van der Waals surface area contributed by atoms with Gasteiger partial charge in [0.15, 0.2) is 0 Å². The Hall–Kier alpha value is -3.15. The Morgan fingerprint density at radius 2 is 1.68 bits per heavy atom. The molecule has 0 radical (unpaired) electrons. The molecule has 0 aliphatic rings. The smallest absolute Gasteiger partial charge is 0.308 e. The molecule has 2 amide bonds. The molecule has 0 fully saturated rings. The van der Waals surface area contributed by atoms with Crippen molar-refractivity contribution in [1.82, 2.24) is 5.32 Å². The van der Waals surface area contributed by atoms with Crippen LogP contribution in [0, 0.1) is 5.92 Å². The maximum absolute atomic E-state index is 12.3. The third-order valence-electron chi connectivity index (χ3n) is 4.39. The van der Waals surface area contributed by atoms with Gasteiger partial charge in [-0.3, -0.25) is 14.4 Å². The number of rotatable bonds is 8. The summed E-state index contributed by atoms with van der Waals surface area (Å²) in [4.78, 5) is 35.4. The highest BCUT2D eigenvalue weighted by Crippen LogP contribution is 2.16. The van der Waals surface area contributed by atoms with E-state index in [4.69, 9.17) is 4.74 Å². The summed E-state index contributed by atoms with van der Waals surface area (Å²) >= 11 is 0. The minimum atomic E-state index is -0.436. The topological polar surface area (TPSA) is 84.5 Å². The summed E-state index contributed by atoms with van der Waals surface area (Å²) in [6.45, 7) is 5.66. The molecular weight excluding hydrogens is 356 g/mol. The van der Waals surface area contributed by atoms with Crippen LogP contribution in [0.15, 0.2) is 48.5 Å². The third kappa shape index (κ3) is 6.23. The van der Waals surface area contributed by atoms with Gasteiger partial charge >= 0.3 is 5.97 Å². The molecule has 28 heavy (non-hydrogen) atoms. The summed E-state index contributed by atoms with van der Waals surface area (Å²) in [6, 6.07) is 13.8. The average Bonchev–Trinajstić information content (AvgIpc) is 2.68. The van der Waals surface area contributed by atoms with Crippen molar-refractivity contribution in [2.24, 2.45) is 5.92 Å². The Morgan fingerprint density at radius 1 is 1.00 bits per heavy atom. The zero-order valence-corrected chi connectivity index (χ0v) is 16.5. The van der Waals surface area contributed by atoms with E-state index in [0.717, 1.165) is 24.1 Å². The van der Waals surface area contributed by atoms with Crippen LogP contribution in [-0.2, 0) is 16.1 Å². The monoisotopic (exact) mass is 382 g/mol. The summed E-state index contributed by atoms with van der Waals surface area (Å²) in [6.07, 6.45) is 1.62. The van der Waals surface area contributed by atoms with Crippen LogP contribution in [0.2, 0.25) is 0 Å². The molecule has 0 bridgehead atoms. The third-order valence-corrected chi connectivity index (χ3v) is 4.39. The van der Waals surface area contributed by atoms with Crippen LogP contribution in [0.4, 0.5) is 5.69 Å². The quantitative estimate of drug-likeness (QED) is 0.535. The van der Waals surface area contributed by atoms with Crippen molar-refractivity contribution in [2.75, 3.05) is 5.32 Å². The van der Waals surface area contributed by atoms with Gasteiger partial charge in [-0.05, 0) is 48.7 Å². The van der Waals surface area contributed by atoms with Gasteiger partial charge in [0.05, 0.1) is 0 Å². The number of esters is 1. The summed E-state index contributed by atoms with van der Waals surface area (Å²) in [5.41, 5.74) is 2.05. The fourth-order valence-corrected chi connectivity index (χ4v) is 2.76. The molecule has 6 nitrogen and oxygen atoms in total. The van der Waals surface area contributed by atoms with Crippen molar-refractivity contribution >= 4 is 23.5 Å². The van der Waals surface area contributed by atoms with E-state index in [2.05, 4.69) is 10.6 Å². The van der Waals surface area contributed by atoms with E-state index < -0.39 is 5.97 Å². The number of hydrogen-bond donors (Lipinski definition) is 2. The molecular formula is C22H26N2O4. The number of nitrogens with one attached hydrogen (secondary N) is 2. The zero-order chi connectivity index (χ0) is 20.5. The SMILES string of the molecule is CCC(CC)C(=O)Nc1ccc(CNC(=O)c2cccc(OC(C)=O)c2)cc1.